The van der Waals surface area contributed by atoms with E-state index < -0.39 is 36.4 Å². The number of carbonyl (C=O) groups is 2. The molecule has 106 valence electrons. The first-order chi connectivity index (χ1) is 8.34. The Hall–Kier alpha value is -1.06. The van der Waals surface area contributed by atoms with Gasteiger partial charge in [0.05, 0.1) is 6.10 Å². The van der Waals surface area contributed by atoms with E-state index in [1.54, 1.807) is 0 Å². The number of ether oxygens (including phenoxy) is 2. The number of aliphatic hydroxyl groups is 3. The molecule has 0 aliphatic carbocycles. The van der Waals surface area contributed by atoms with Crippen molar-refractivity contribution in [1.29, 1.82) is 0 Å². The van der Waals surface area contributed by atoms with Crippen molar-refractivity contribution in [2.45, 2.75) is 30.8 Å². The lowest BCUT2D eigenvalue weighted by Crippen LogP contribution is -2.45. The summed E-state index contributed by atoms with van der Waals surface area (Å²) in [5.41, 5.74) is 0. The molecule has 0 aliphatic heterocycles. The van der Waals surface area contributed by atoms with Gasteiger partial charge in [0, 0.05) is 20.6 Å². The SMILES string of the molecule is COC(CC[C@@H](O)[C@H](O)C(=O)CO)(OC)C(=O)O. The number of carboxylic acid groups (broad SMARTS) is 1. The first-order valence-electron chi connectivity index (χ1n) is 5.18. The molecule has 0 unspecified atom stereocenters. The predicted molar refractivity (Wildman–Crippen MR) is 57.7 cm³/mol. The van der Waals surface area contributed by atoms with Gasteiger partial charge in [0.15, 0.2) is 5.78 Å². The number of carboxylic acids is 1. The fourth-order valence-electron chi connectivity index (χ4n) is 1.37. The van der Waals surface area contributed by atoms with Crippen molar-refractivity contribution in [3.05, 3.63) is 0 Å². The normalized spacial score (nSPS) is 15.2. The zero-order valence-corrected chi connectivity index (χ0v) is 10.2. The van der Waals surface area contributed by atoms with Crippen molar-refractivity contribution in [3.8, 4) is 0 Å². The Balaban J connectivity index is 4.54. The second kappa shape index (κ2) is 7.39. The van der Waals surface area contributed by atoms with Crippen molar-refractivity contribution in [1.82, 2.24) is 0 Å². The summed E-state index contributed by atoms with van der Waals surface area (Å²) in [7, 11) is 2.25. The minimum Gasteiger partial charge on any atom is -0.477 e. The van der Waals surface area contributed by atoms with E-state index in [1.807, 2.05) is 0 Å². The Morgan fingerprint density at radius 3 is 2.06 bits per heavy atom. The van der Waals surface area contributed by atoms with Crippen molar-refractivity contribution >= 4 is 11.8 Å². The van der Waals surface area contributed by atoms with Crippen LogP contribution in [-0.4, -0.2) is 71.0 Å². The van der Waals surface area contributed by atoms with Gasteiger partial charge in [0.25, 0.3) is 5.79 Å². The molecule has 8 nitrogen and oxygen atoms in total. The molecule has 18 heavy (non-hydrogen) atoms. The Bertz CT molecular complexity index is 286. The molecule has 0 radical (unpaired) electrons. The molecule has 0 aromatic carbocycles. The highest BCUT2D eigenvalue weighted by Crippen LogP contribution is 2.21. The van der Waals surface area contributed by atoms with Crippen LogP contribution in [0.1, 0.15) is 12.8 Å². The molecule has 0 aromatic heterocycles. The maximum absolute atomic E-state index is 11.0. The molecule has 2 atom stereocenters. The summed E-state index contributed by atoms with van der Waals surface area (Å²) in [6.07, 6.45) is -3.79. The number of aliphatic hydroxyl groups excluding tert-OH is 3. The largest absolute Gasteiger partial charge is 0.477 e. The first kappa shape index (κ1) is 16.9. The average molecular weight is 266 g/mol. The van der Waals surface area contributed by atoms with Gasteiger partial charge in [-0.1, -0.05) is 0 Å². The fourth-order valence-corrected chi connectivity index (χ4v) is 1.37. The second-order valence-electron chi connectivity index (χ2n) is 3.64. The highest BCUT2D eigenvalue weighted by molar-refractivity contribution is 5.84. The van der Waals surface area contributed by atoms with Crippen LogP contribution >= 0.6 is 0 Å². The summed E-state index contributed by atoms with van der Waals surface area (Å²) in [5, 5.41) is 36.2. The Kier molecular flexibility index (Phi) is 6.96. The molecule has 0 saturated carbocycles. The van der Waals surface area contributed by atoms with Crippen LogP contribution in [0, 0.1) is 0 Å². The van der Waals surface area contributed by atoms with Crippen LogP contribution in [0.4, 0.5) is 0 Å². The minimum atomic E-state index is -1.94. The van der Waals surface area contributed by atoms with Gasteiger partial charge < -0.3 is 29.9 Å². The summed E-state index contributed by atoms with van der Waals surface area (Å²) in [6, 6.07) is 0. The molecule has 0 rings (SSSR count). The minimum absolute atomic E-state index is 0.249. The summed E-state index contributed by atoms with van der Waals surface area (Å²) in [5.74, 6) is -4.27. The highest BCUT2D eigenvalue weighted by atomic mass is 16.7. The monoisotopic (exact) mass is 266 g/mol. The zero-order chi connectivity index (χ0) is 14.3. The standard InChI is InChI=1S/C10H18O8/c1-17-10(18-2,9(15)16)4-3-6(12)8(14)7(13)5-11/h6,8,11-12,14H,3-5H2,1-2H3,(H,15,16)/t6-,8+/m1/s1. The van der Waals surface area contributed by atoms with Crippen LogP contribution in [0.5, 0.6) is 0 Å². The van der Waals surface area contributed by atoms with E-state index in [-0.39, 0.29) is 12.8 Å². The van der Waals surface area contributed by atoms with E-state index in [2.05, 4.69) is 0 Å². The third-order valence-electron chi connectivity index (χ3n) is 2.60. The molecular formula is C10H18O8. The van der Waals surface area contributed by atoms with Crippen LogP contribution in [0.25, 0.3) is 0 Å². The molecule has 8 heteroatoms. The van der Waals surface area contributed by atoms with Gasteiger partial charge in [-0.05, 0) is 6.42 Å². The third-order valence-corrected chi connectivity index (χ3v) is 2.60. The van der Waals surface area contributed by atoms with Gasteiger partial charge >= 0.3 is 5.97 Å². The van der Waals surface area contributed by atoms with E-state index in [0.717, 1.165) is 14.2 Å². The summed E-state index contributed by atoms with van der Waals surface area (Å²) < 4.78 is 9.43. The first-order valence-corrected chi connectivity index (χ1v) is 5.18. The molecule has 0 aromatic rings. The van der Waals surface area contributed by atoms with Gasteiger partial charge in [-0.3, -0.25) is 4.79 Å². The Morgan fingerprint density at radius 2 is 1.72 bits per heavy atom. The topological polar surface area (TPSA) is 134 Å². The summed E-state index contributed by atoms with van der Waals surface area (Å²) in [6.45, 7) is -0.906. The number of hydrogen-bond acceptors (Lipinski definition) is 7. The van der Waals surface area contributed by atoms with Gasteiger partial charge in [-0.2, -0.15) is 0 Å². The van der Waals surface area contributed by atoms with Crippen LogP contribution < -0.4 is 0 Å². The van der Waals surface area contributed by atoms with Crippen molar-refractivity contribution in [2.24, 2.45) is 0 Å². The molecular weight excluding hydrogens is 248 g/mol. The lowest BCUT2D eigenvalue weighted by atomic mass is 10.0. The van der Waals surface area contributed by atoms with Gasteiger partial charge in [0.2, 0.25) is 0 Å². The summed E-state index contributed by atoms with van der Waals surface area (Å²) >= 11 is 0. The predicted octanol–water partition coefficient (Wildman–Crippen LogP) is -1.88. The van der Waals surface area contributed by atoms with E-state index in [9.17, 15) is 19.8 Å². The number of Topliss-reactive ketones (excluding diaryl/α,β-unsaturated/α-hetero) is 1. The maximum Gasteiger partial charge on any atom is 0.364 e. The van der Waals surface area contributed by atoms with E-state index >= 15 is 0 Å². The molecule has 0 heterocycles. The van der Waals surface area contributed by atoms with E-state index in [0.29, 0.717) is 0 Å². The molecule has 0 aliphatic rings. The van der Waals surface area contributed by atoms with E-state index in [4.69, 9.17) is 19.7 Å². The van der Waals surface area contributed by atoms with Crippen molar-refractivity contribution in [3.63, 3.8) is 0 Å². The lowest BCUT2D eigenvalue weighted by Gasteiger charge is -2.27. The summed E-state index contributed by atoms with van der Waals surface area (Å²) in [4.78, 5) is 21.9. The molecule has 4 N–H and O–H groups in total. The van der Waals surface area contributed by atoms with Crippen molar-refractivity contribution < 1.29 is 39.5 Å². The second-order valence-corrected chi connectivity index (χ2v) is 3.64. The number of carbonyl (C=O) groups excluding carboxylic acids is 1. The lowest BCUT2D eigenvalue weighted by molar-refractivity contribution is -0.229. The van der Waals surface area contributed by atoms with Crippen LogP contribution in [0.2, 0.25) is 0 Å². The van der Waals surface area contributed by atoms with Gasteiger partial charge in [0.1, 0.15) is 12.7 Å². The number of methoxy groups -OCH3 is 2. The molecule has 0 spiro atoms. The van der Waals surface area contributed by atoms with Gasteiger partial charge in [-0.15, -0.1) is 0 Å². The van der Waals surface area contributed by atoms with Crippen LogP contribution in [0.3, 0.4) is 0 Å². The van der Waals surface area contributed by atoms with Gasteiger partial charge in [-0.25, -0.2) is 4.79 Å². The Labute approximate surface area is 104 Å². The van der Waals surface area contributed by atoms with Crippen LogP contribution in [0.15, 0.2) is 0 Å². The third kappa shape index (κ3) is 4.00. The highest BCUT2D eigenvalue weighted by Gasteiger charge is 2.40. The molecule has 0 fully saturated rings. The number of rotatable bonds is 9. The molecule has 0 amide bonds. The quantitative estimate of drug-likeness (QED) is 0.356. The van der Waals surface area contributed by atoms with Crippen LogP contribution in [-0.2, 0) is 19.1 Å². The molecule has 0 saturated heterocycles. The Morgan fingerprint density at radius 1 is 1.22 bits per heavy atom. The maximum atomic E-state index is 11.0. The fraction of sp³-hybridized carbons (Fsp3) is 0.800. The number of ketones is 1. The van der Waals surface area contributed by atoms with E-state index in [1.165, 1.54) is 0 Å². The zero-order valence-electron chi connectivity index (χ0n) is 10.2. The molecule has 0 bridgehead atoms. The average Bonchev–Trinajstić information content (AvgIpc) is 2.37. The smallest absolute Gasteiger partial charge is 0.364 e. The number of aliphatic carboxylic acids is 1. The van der Waals surface area contributed by atoms with Crippen molar-refractivity contribution in [2.75, 3.05) is 20.8 Å². The number of hydrogen-bond donors (Lipinski definition) is 4.